The maximum absolute atomic E-state index is 14.0. The number of guanidine groups is 1. The van der Waals surface area contributed by atoms with Gasteiger partial charge in [-0.1, -0.05) is 0 Å². The predicted molar refractivity (Wildman–Crippen MR) is 122 cm³/mol. The fraction of sp³-hybridized carbons (Fsp3) is 0.444. The molecule has 0 unspecified atom stereocenters. The van der Waals surface area contributed by atoms with Crippen LogP contribution in [0.2, 0.25) is 0 Å². The first-order valence-electron chi connectivity index (χ1n) is 8.75. The van der Waals surface area contributed by atoms with E-state index in [1.165, 1.54) is 12.1 Å². The van der Waals surface area contributed by atoms with Crippen molar-refractivity contribution < 1.29 is 8.78 Å². The molecule has 154 valence electrons. The van der Waals surface area contributed by atoms with E-state index in [-0.39, 0.29) is 24.0 Å². The van der Waals surface area contributed by atoms with Crippen LogP contribution in [0, 0.1) is 11.6 Å². The zero-order valence-electron chi connectivity index (χ0n) is 16.2. The minimum Gasteiger partial charge on any atom is -0.366 e. The van der Waals surface area contributed by atoms with Crippen LogP contribution in [0.3, 0.4) is 0 Å². The number of hydrogen-bond donors (Lipinski definition) is 1. The molecule has 0 atom stereocenters. The number of thiazole rings is 1. The van der Waals surface area contributed by atoms with Crippen molar-refractivity contribution >= 4 is 52.1 Å². The summed E-state index contributed by atoms with van der Waals surface area (Å²) in [5.74, 6) is -0.0342. The summed E-state index contributed by atoms with van der Waals surface area (Å²) >= 11 is 1.60. The van der Waals surface area contributed by atoms with Gasteiger partial charge in [0.1, 0.15) is 11.6 Å². The minimum atomic E-state index is -0.424. The molecular formula is C18H25F2IN6S. The third kappa shape index (κ3) is 5.43. The highest BCUT2D eigenvalue weighted by atomic mass is 127. The van der Waals surface area contributed by atoms with Crippen LogP contribution in [0.5, 0.6) is 0 Å². The molecule has 0 saturated carbocycles. The van der Waals surface area contributed by atoms with E-state index in [0.29, 0.717) is 38.4 Å². The lowest BCUT2D eigenvalue weighted by atomic mass is 10.2. The number of halogens is 3. The fourth-order valence-electron chi connectivity index (χ4n) is 2.97. The van der Waals surface area contributed by atoms with Gasteiger partial charge in [-0.25, -0.2) is 13.8 Å². The Morgan fingerprint density at radius 1 is 1.25 bits per heavy atom. The van der Waals surface area contributed by atoms with Gasteiger partial charge in [-0.15, -0.1) is 35.3 Å². The molecule has 6 nitrogen and oxygen atoms in total. The topological polar surface area (TPSA) is 47.0 Å². The number of nitrogens with zero attached hydrogens (tertiary/aromatic N) is 5. The molecule has 1 aliphatic heterocycles. The lowest BCUT2D eigenvalue weighted by Gasteiger charge is -2.37. The fourth-order valence-corrected chi connectivity index (χ4v) is 3.73. The quantitative estimate of drug-likeness (QED) is 0.380. The molecule has 1 fully saturated rings. The summed E-state index contributed by atoms with van der Waals surface area (Å²) in [6, 6.07) is 3.57. The van der Waals surface area contributed by atoms with Crippen molar-refractivity contribution in [2.24, 2.45) is 4.99 Å². The van der Waals surface area contributed by atoms with Gasteiger partial charge in [-0.2, -0.15) is 0 Å². The molecule has 0 radical (unpaired) electrons. The van der Waals surface area contributed by atoms with Crippen LogP contribution in [0.4, 0.5) is 19.6 Å². The number of anilines is 2. The van der Waals surface area contributed by atoms with Crippen LogP contribution in [0.1, 0.15) is 5.69 Å². The van der Waals surface area contributed by atoms with Gasteiger partial charge in [0.15, 0.2) is 11.1 Å². The van der Waals surface area contributed by atoms with Crippen molar-refractivity contribution in [3.8, 4) is 0 Å². The first-order chi connectivity index (χ1) is 13.0. The van der Waals surface area contributed by atoms with Crippen molar-refractivity contribution in [2.45, 2.75) is 6.54 Å². The van der Waals surface area contributed by atoms with E-state index in [0.717, 1.165) is 22.9 Å². The summed E-state index contributed by atoms with van der Waals surface area (Å²) in [5, 5.41) is 6.33. The maximum atomic E-state index is 14.0. The zero-order valence-corrected chi connectivity index (χ0v) is 19.3. The molecule has 2 heterocycles. The number of aromatic nitrogens is 1. The van der Waals surface area contributed by atoms with E-state index >= 15 is 0 Å². The van der Waals surface area contributed by atoms with Gasteiger partial charge in [-0.05, 0) is 12.1 Å². The van der Waals surface area contributed by atoms with Crippen LogP contribution >= 0.6 is 35.3 Å². The standard InChI is InChI=1S/C18H24F2N6S.HI/c1-21-17(22-11-14-12-27-18(23-14)24(2)3)26-8-6-25(7-9-26)16-10-13(19)4-5-15(16)20;/h4-5,10,12H,6-9,11H2,1-3H3,(H,21,22);1H. The SMILES string of the molecule is CN=C(NCc1csc(N(C)C)n1)N1CCN(c2cc(F)ccc2F)CC1.I. The molecule has 1 aliphatic rings. The number of hydrogen-bond acceptors (Lipinski definition) is 5. The van der Waals surface area contributed by atoms with E-state index in [2.05, 4.69) is 20.2 Å². The highest BCUT2D eigenvalue weighted by Crippen LogP contribution is 2.22. The second-order valence-corrected chi connectivity index (χ2v) is 7.32. The number of nitrogens with one attached hydrogen (secondary N) is 1. The molecule has 0 amide bonds. The first kappa shape index (κ1) is 22.6. The number of aliphatic imine (C=N–C) groups is 1. The average Bonchev–Trinajstić information content (AvgIpc) is 3.14. The van der Waals surface area contributed by atoms with Crippen LogP contribution in [-0.2, 0) is 6.54 Å². The smallest absolute Gasteiger partial charge is 0.194 e. The van der Waals surface area contributed by atoms with Crippen molar-refractivity contribution in [1.82, 2.24) is 15.2 Å². The normalized spacial score (nSPS) is 14.7. The van der Waals surface area contributed by atoms with Gasteiger partial charge in [0.2, 0.25) is 0 Å². The van der Waals surface area contributed by atoms with Crippen molar-refractivity contribution in [3.63, 3.8) is 0 Å². The second kappa shape index (κ2) is 10.2. The Hall–Kier alpha value is -1.69. The van der Waals surface area contributed by atoms with Crippen molar-refractivity contribution in [3.05, 3.63) is 40.9 Å². The van der Waals surface area contributed by atoms with Crippen LogP contribution in [0.25, 0.3) is 0 Å². The second-order valence-electron chi connectivity index (χ2n) is 6.49. The Kier molecular flexibility index (Phi) is 8.23. The van der Waals surface area contributed by atoms with E-state index in [1.807, 2.05) is 29.3 Å². The zero-order chi connectivity index (χ0) is 19.4. The van der Waals surface area contributed by atoms with Crippen LogP contribution < -0.4 is 15.1 Å². The van der Waals surface area contributed by atoms with Crippen molar-refractivity contribution in [1.29, 1.82) is 0 Å². The third-order valence-corrected chi connectivity index (χ3v) is 5.45. The molecule has 2 aromatic rings. The molecular weight excluding hydrogens is 497 g/mol. The summed E-state index contributed by atoms with van der Waals surface area (Å²) in [7, 11) is 5.68. The van der Waals surface area contributed by atoms with E-state index in [1.54, 1.807) is 18.4 Å². The monoisotopic (exact) mass is 522 g/mol. The highest BCUT2D eigenvalue weighted by molar-refractivity contribution is 14.0. The largest absolute Gasteiger partial charge is 0.366 e. The van der Waals surface area contributed by atoms with Gasteiger partial charge in [0.25, 0.3) is 0 Å². The van der Waals surface area contributed by atoms with Gasteiger partial charge >= 0.3 is 0 Å². The molecule has 0 aliphatic carbocycles. The summed E-state index contributed by atoms with van der Waals surface area (Å²) in [6.45, 7) is 3.14. The summed E-state index contributed by atoms with van der Waals surface area (Å²) < 4.78 is 27.4. The summed E-state index contributed by atoms with van der Waals surface area (Å²) in [4.78, 5) is 14.9. The van der Waals surface area contributed by atoms with E-state index in [4.69, 9.17) is 0 Å². The van der Waals surface area contributed by atoms with Gasteiger partial charge in [-0.3, -0.25) is 4.99 Å². The molecule has 1 aromatic heterocycles. The predicted octanol–water partition coefficient (Wildman–Crippen LogP) is 3.00. The molecule has 28 heavy (non-hydrogen) atoms. The number of benzene rings is 1. The molecule has 0 bridgehead atoms. The molecule has 10 heteroatoms. The van der Waals surface area contributed by atoms with E-state index < -0.39 is 11.6 Å². The number of rotatable bonds is 4. The minimum absolute atomic E-state index is 0. The Bertz CT molecular complexity index is 805. The van der Waals surface area contributed by atoms with E-state index in [9.17, 15) is 8.78 Å². The highest BCUT2D eigenvalue weighted by Gasteiger charge is 2.22. The molecule has 1 aromatic carbocycles. The summed E-state index contributed by atoms with van der Waals surface area (Å²) in [6.07, 6.45) is 0. The molecule has 1 saturated heterocycles. The maximum Gasteiger partial charge on any atom is 0.194 e. The van der Waals surface area contributed by atoms with Crippen LogP contribution in [0.15, 0.2) is 28.6 Å². The Labute approximate surface area is 185 Å². The van der Waals surface area contributed by atoms with Gasteiger partial charge < -0.3 is 20.0 Å². The lowest BCUT2D eigenvalue weighted by molar-refractivity contribution is 0.370. The number of piperazine rings is 1. The third-order valence-electron chi connectivity index (χ3n) is 4.39. The van der Waals surface area contributed by atoms with Gasteiger partial charge in [0.05, 0.1) is 17.9 Å². The Balaban J connectivity index is 0.00000280. The average molecular weight is 522 g/mol. The first-order valence-corrected chi connectivity index (χ1v) is 9.63. The van der Waals surface area contributed by atoms with Crippen LogP contribution in [-0.4, -0.2) is 63.2 Å². The molecule has 1 N–H and O–H groups in total. The molecule has 3 rings (SSSR count). The molecule has 0 spiro atoms. The lowest BCUT2D eigenvalue weighted by Crippen LogP contribution is -2.52. The van der Waals surface area contributed by atoms with Gasteiger partial charge in [0, 0.05) is 58.8 Å². The Morgan fingerprint density at radius 2 is 1.96 bits per heavy atom. The summed E-state index contributed by atoms with van der Waals surface area (Å²) in [5.41, 5.74) is 1.28. The Morgan fingerprint density at radius 3 is 2.57 bits per heavy atom. The van der Waals surface area contributed by atoms with Crippen molar-refractivity contribution in [2.75, 3.05) is 57.1 Å².